The Kier molecular flexibility index (Phi) is 7.82. The maximum Gasteiger partial charge on any atom is 0.134 e. The molecule has 0 unspecified atom stereocenters. The van der Waals surface area contributed by atoms with Crippen LogP contribution in [0.15, 0.2) is 54.6 Å². The summed E-state index contributed by atoms with van der Waals surface area (Å²) in [7, 11) is 1.68. The number of hydrogen-bond acceptors (Lipinski definition) is 6. The van der Waals surface area contributed by atoms with E-state index in [-0.39, 0.29) is 11.6 Å². The third kappa shape index (κ3) is 6.19. The van der Waals surface area contributed by atoms with E-state index in [1.807, 2.05) is 42.1 Å². The number of β-amino-alcohol motifs (C(OH)–C–C–N with tert-alkyl or cyclic N) is 1. The van der Waals surface area contributed by atoms with Crippen molar-refractivity contribution < 1.29 is 9.84 Å². The molecule has 1 aromatic heterocycles. The highest BCUT2D eigenvalue weighted by atomic mass is 35.5. The van der Waals surface area contributed by atoms with Gasteiger partial charge in [-0.2, -0.15) is 0 Å². The molecule has 0 saturated carbocycles. The number of methoxy groups -OCH3 is 1. The summed E-state index contributed by atoms with van der Waals surface area (Å²) in [4.78, 5) is 6.87. The molecular formula is C26H32ClN3O2S. The highest BCUT2D eigenvalue weighted by Crippen LogP contribution is 2.29. The molecule has 7 heteroatoms. The first-order valence-electron chi connectivity index (χ1n) is 11.3. The zero-order valence-corrected chi connectivity index (χ0v) is 21.0. The molecule has 0 aliphatic carbocycles. The molecule has 2 aromatic carbocycles. The van der Waals surface area contributed by atoms with Crippen LogP contribution in [0.3, 0.4) is 0 Å². The van der Waals surface area contributed by atoms with Crippen LogP contribution in [0.4, 0.5) is 0 Å². The maximum absolute atomic E-state index is 11.1. The van der Waals surface area contributed by atoms with E-state index in [9.17, 15) is 5.11 Å². The number of nitrogens with one attached hydrogen (secondary N) is 1. The Labute approximate surface area is 205 Å². The Bertz CT molecular complexity index is 1080. The van der Waals surface area contributed by atoms with E-state index in [1.165, 1.54) is 5.56 Å². The van der Waals surface area contributed by atoms with Crippen LogP contribution < -0.4 is 10.1 Å². The normalized spacial score (nSPS) is 18.0. The van der Waals surface area contributed by atoms with Crippen molar-refractivity contribution in [3.63, 3.8) is 0 Å². The van der Waals surface area contributed by atoms with Crippen LogP contribution in [0.5, 0.6) is 5.75 Å². The van der Waals surface area contributed by atoms with Crippen molar-refractivity contribution in [2.75, 3.05) is 25.3 Å². The Morgan fingerprint density at radius 2 is 2.00 bits per heavy atom. The highest BCUT2D eigenvalue weighted by molar-refractivity contribution is 7.99. The number of benzene rings is 2. The quantitative estimate of drug-likeness (QED) is 0.427. The van der Waals surface area contributed by atoms with Crippen molar-refractivity contribution in [3.05, 3.63) is 70.9 Å². The second kappa shape index (κ2) is 10.6. The van der Waals surface area contributed by atoms with Crippen molar-refractivity contribution in [1.29, 1.82) is 0 Å². The van der Waals surface area contributed by atoms with Crippen LogP contribution in [0, 0.1) is 0 Å². The molecule has 2 atom stereocenters. The van der Waals surface area contributed by atoms with E-state index >= 15 is 0 Å². The van der Waals surface area contributed by atoms with Crippen LogP contribution >= 0.6 is 23.4 Å². The molecule has 0 amide bonds. The summed E-state index contributed by atoms with van der Waals surface area (Å²) < 4.78 is 5.25. The molecule has 0 radical (unpaired) electrons. The molecule has 1 aliphatic heterocycles. The summed E-state index contributed by atoms with van der Waals surface area (Å²) in [5.74, 6) is 2.64. The van der Waals surface area contributed by atoms with Gasteiger partial charge >= 0.3 is 0 Å². The van der Waals surface area contributed by atoms with Crippen LogP contribution in [-0.4, -0.2) is 58.0 Å². The number of nitrogens with zero attached hydrogens (tertiary/aromatic N) is 2. The zero-order chi connectivity index (χ0) is 23.4. The van der Waals surface area contributed by atoms with Gasteiger partial charge in [-0.1, -0.05) is 41.9 Å². The summed E-state index contributed by atoms with van der Waals surface area (Å²) in [5.41, 5.74) is 3.00. The number of aromatic nitrogens is 1. The fraction of sp³-hybridized carbons (Fsp3) is 0.423. The van der Waals surface area contributed by atoms with Crippen LogP contribution in [0.2, 0.25) is 5.15 Å². The number of aliphatic hydroxyl groups excluding tert-OH is 1. The number of ether oxygens (including phenoxy) is 1. The summed E-state index contributed by atoms with van der Waals surface area (Å²) in [6.45, 7) is 5.56. The lowest BCUT2D eigenvalue weighted by Crippen LogP contribution is -2.50. The molecule has 1 aliphatic rings. The van der Waals surface area contributed by atoms with Gasteiger partial charge in [0.15, 0.2) is 0 Å². The molecule has 176 valence electrons. The number of fused-ring (bicyclic) bond motifs is 1. The summed E-state index contributed by atoms with van der Waals surface area (Å²) in [6, 6.07) is 18.4. The van der Waals surface area contributed by atoms with E-state index in [0.29, 0.717) is 18.2 Å². The summed E-state index contributed by atoms with van der Waals surface area (Å²) >= 11 is 8.35. The fourth-order valence-electron chi connectivity index (χ4n) is 4.31. The van der Waals surface area contributed by atoms with Crippen molar-refractivity contribution in [2.45, 2.75) is 44.5 Å². The first kappa shape index (κ1) is 24.3. The predicted octanol–water partition coefficient (Wildman–Crippen LogP) is 4.74. The second-order valence-electron chi connectivity index (χ2n) is 9.30. The average Bonchev–Trinajstić information content (AvgIpc) is 3.26. The molecule has 0 spiro atoms. The number of aliphatic hydroxyl groups is 1. The zero-order valence-electron chi connectivity index (χ0n) is 19.4. The van der Waals surface area contributed by atoms with Crippen molar-refractivity contribution >= 4 is 34.3 Å². The predicted molar refractivity (Wildman–Crippen MR) is 138 cm³/mol. The SMILES string of the molecule is COc1ccc(CC(C)(C)NC[C@H](O)[C@H]2CSCN2Cc2cc3ccccc3nc2Cl)cc1. The molecule has 2 heterocycles. The van der Waals surface area contributed by atoms with Gasteiger partial charge in [0, 0.05) is 47.2 Å². The first-order valence-corrected chi connectivity index (χ1v) is 12.8. The molecule has 5 nitrogen and oxygen atoms in total. The van der Waals surface area contributed by atoms with E-state index in [2.05, 4.69) is 53.3 Å². The maximum atomic E-state index is 11.1. The molecule has 1 saturated heterocycles. The number of halogens is 1. The van der Waals surface area contributed by atoms with E-state index in [1.54, 1.807) is 7.11 Å². The highest BCUT2D eigenvalue weighted by Gasteiger charge is 2.32. The number of pyridine rings is 1. The van der Waals surface area contributed by atoms with Gasteiger partial charge in [-0.15, -0.1) is 11.8 Å². The van der Waals surface area contributed by atoms with Crippen LogP contribution in [0.25, 0.3) is 10.9 Å². The smallest absolute Gasteiger partial charge is 0.134 e. The molecule has 0 bridgehead atoms. The van der Waals surface area contributed by atoms with Gasteiger partial charge < -0.3 is 15.2 Å². The Morgan fingerprint density at radius 3 is 2.76 bits per heavy atom. The lowest BCUT2D eigenvalue weighted by Gasteiger charge is -2.32. The van der Waals surface area contributed by atoms with E-state index in [4.69, 9.17) is 16.3 Å². The number of thioether (sulfide) groups is 1. The van der Waals surface area contributed by atoms with Crippen molar-refractivity contribution in [2.24, 2.45) is 0 Å². The van der Waals surface area contributed by atoms with Crippen LogP contribution in [0.1, 0.15) is 25.0 Å². The van der Waals surface area contributed by atoms with E-state index < -0.39 is 6.10 Å². The Hall–Kier alpha value is -1.83. The van der Waals surface area contributed by atoms with Gasteiger partial charge in [-0.05, 0) is 50.1 Å². The molecule has 2 N–H and O–H groups in total. The minimum Gasteiger partial charge on any atom is -0.497 e. The number of rotatable bonds is 9. The standard InChI is InChI=1S/C26H32ClN3O2S/c1-26(2,13-18-8-10-21(32-3)11-9-18)28-14-24(31)23-16-33-17-30(23)15-20-12-19-6-4-5-7-22(19)29-25(20)27/h4-12,23-24,28,31H,13-17H2,1-3H3/t23-,24+/m1/s1. The monoisotopic (exact) mass is 485 g/mol. The minimum absolute atomic E-state index is 0.0711. The Balaban J connectivity index is 1.36. The van der Waals surface area contributed by atoms with Crippen LogP contribution in [-0.2, 0) is 13.0 Å². The molecule has 1 fully saturated rings. The molecule has 33 heavy (non-hydrogen) atoms. The summed E-state index contributed by atoms with van der Waals surface area (Å²) in [5, 5.41) is 16.3. The van der Waals surface area contributed by atoms with Gasteiger partial charge in [0.1, 0.15) is 10.9 Å². The molecule has 4 rings (SSSR count). The summed E-state index contributed by atoms with van der Waals surface area (Å²) in [6.07, 6.45) is 0.396. The topological polar surface area (TPSA) is 57.6 Å². The largest absolute Gasteiger partial charge is 0.497 e. The molecular weight excluding hydrogens is 454 g/mol. The minimum atomic E-state index is -0.470. The lowest BCUT2D eigenvalue weighted by molar-refractivity contribution is 0.0684. The third-order valence-corrected chi connectivity index (χ3v) is 7.60. The second-order valence-corrected chi connectivity index (χ2v) is 10.7. The van der Waals surface area contributed by atoms with Gasteiger partial charge in [0.2, 0.25) is 0 Å². The third-order valence-electron chi connectivity index (χ3n) is 6.18. The average molecular weight is 486 g/mol. The lowest BCUT2D eigenvalue weighted by atomic mass is 9.94. The van der Waals surface area contributed by atoms with Gasteiger partial charge in [0.25, 0.3) is 0 Å². The van der Waals surface area contributed by atoms with E-state index in [0.717, 1.165) is 40.3 Å². The number of hydrogen-bond donors (Lipinski definition) is 2. The fourth-order valence-corrected chi connectivity index (χ4v) is 5.81. The van der Waals surface area contributed by atoms with Crippen molar-refractivity contribution in [1.82, 2.24) is 15.2 Å². The van der Waals surface area contributed by atoms with Gasteiger partial charge in [0.05, 0.1) is 18.7 Å². The van der Waals surface area contributed by atoms with Gasteiger partial charge in [-0.25, -0.2) is 4.98 Å². The first-order chi connectivity index (χ1) is 15.8. The number of para-hydroxylation sites is 1. The molecule has 3 aromatic rings. The Morgan fingerprint density at radius 1 is 1.24 bits per heavy atom. The van der Waals surface area contributed by atoms with Gasteiger partial charge in [-0.3, -0.25) is 4.90 Å². The van der Waals surface area contributed by atoms with Crippen molar-refractivity contribution in [3.8, 4) is 5.75 Å².